The van der Waals surface area contributed by atoms with Crippen molar-refractivity contribution in [1.29, 1.82) is 0 Å². The number of esters is 1. The summed E-state index contributed by atoms with van der Waals surface area (Å²) < 4.78 is 11.3. The number of aromatic nitrogens is 2. The van der Waals surface area contributed by atoms with Gasteiger partial charge in [0.05, 0.1) is 26.2 Å². The number of rotatable bonds is 4. The second kappa shape index (κ2) is 6.98. The van der Waals surface area contributed by atoms with Gasteiger partial charge in [-0.1, -0.05) is 0 Å². The van der Waals surface area contributed by atoms with E-state index in [-0.39, 0.29) is 30.9 Å². The quantitative estimate of drug-likeness (QED) is 0.664. The molecule has 1 amide bonds. The number of morpholine rings is 1. The van der Waals surface area contributed by atoms with E-state index in [1.807, 2.05) is 0 Å². The first-order chi connectivity index (χ1) is 10.1. The lowest BCUT2D eigenvalue weighted by Crippen LogP contribution is -2.48. The van der Waals surface area contributed by atoms with Crippen molar-refractivity contribution in [3.63, 3.8) is 0 Å². The van der Waals surface area contributed by atoms with E-state index in [9.17, 15) is 14.4 Å². The van der Waals surface area contributed by atoms with E-state index >= 15 is 0 Å². The second-order valence-corrected chi connectivity index (χ2v) is 4.64. The van der Waals surface area contributed by atoms with Gasteiger partial charge < -0.3 is 14.4 Å². The summed E-state index contributed by atoms with van der Waals surface area (Å²) in [5, 5.41) is 0. The van der Waals surface area contributed by atoms with Crippen LogP contribution in [0, 0.1) is 0 Å². The van der Waals surface area contributed by atoms with Gasteiger partial charge in [-0.2, -0.15) is 0 Å². The predicted octanol–water partition coefficient (Wildman–Crippen LogP) is -0.966. The van der Waals surface area contributed by atoms with Crippen molar-refractivity contribution in [1.82, 2.24) is 14.5 Å². The number of hydrogen-bond donors (Lipinski definition) is 0. The minimum absolute atomic E-state index is 0.0718. The van der Waals surface area contributed by atoms with Crippen LogP contribution in [0.2, 0.25) is 0 Å². The Labute approximate surface area is 121 Å². The molecule has 1 atom stereocenters. The van der Waals surface area contributed by atoms with Crippen molar-refractivity contribution in [2.45, 2.75) is 19.1 Å². The van der Waals surface area contributed by atoms with Crippen LogP contribution in [0.1, 0.15) is 6.42 Å². The topological polar surface area (TPSA) is 90.7 Å². The van der Waals surface area contributed by atoms with E-state index in [1.54, 1.807) is 11.0 Å². The number of carbonyl (C=O) groups excluding carboxylic acids is 2. The molecule has 1 aliphatic heterocycles. The third-order valence-corrected chi connectivity index (χ3v) is 3.20. The van der Waals surface area contributed by atoms with Crippen LogP contribution in [0.4, 0.5) is 0 Å². The van der Waals surface area contributed by atoms with Crippen molar-refractivity contribution in [2.75, 3.05) is 26.8 Å². The van der Waals surface area contributed by atoms with Gasteiger partial charge >= 0.3 is 11.7 Å². The van der Waals surface area contributed by atoms with Crippen LogP contribution in [0.3, 0.4) is 0 Å². The van der Waals surface area contributed by atoms with Crippen LogP contribution < -0.4 is 5.69 Å². The summed E-state index contributed by atoms with van der Waals surface area (Å²) in [5.74, 6) is -0.582. The largest absolute Gasteiger partial charge is 0.469 e. The van der Waals surface area contributed by atoms with Crippen LogP contribution in [-0.2, 0) is 25.6 Å². The molecule has 0 bridgehead atoms. The third-order valence-electron chi connectivity index (χ3n) is 3.20. The summed E-state index contributed by atoms with van der Waals surface area (Å²) in [5.41, 5.74) is -0.467. The Morgan fingerprint density at radius 2 is 2.33 bits per heavy atom. The van der Waals surface area contributed by atoms with Crippen molar-refractivity contribution < 1.29 is 19.1 Å². The molecule has 21 heavy (non-hydrogen) atoms. The van der Waals surface area contributed by atoms with Gasteiger partial charge in [0, 0.05) is 25.5 Å². The fraction of sp³-hybridized carbons (Fsp3) is 0.538. The molecule has 1 unspecified atom stereocenters. The molecule has 0 saturated carbocycles. The highest BCUT2D eigenvalue weighted by atomic mass is 16.5. The molecular weight excluding hydrogens is 278 g/mol. The van der Waals surface area contributed by atoms with Crippen LogP contribution in [0.25, 0.3) is 0 Å². The van der Waals surface area contributed by atoms with Gasteiger partial charge in [0.2, 0.25) is 5.91 Å². The Balaban J connectivity index is 1.94. The van der Waals surface area contributed by atoms with E-state index in [0.717, 1.165) is 0 Å². The van der Waals surface area contributed by atoms with Gasteiger partial charge in [0.25, 0.3) is 0 Å². The number of amides is 1. The van der Waals surface area contributed by atoms with Crippen LogP contribution in [-0.4, -0.2) is 59.2 Å². The van der Waals surface area contributed by atoms with Gasteiger partial charge in [-0.15, -0.1) is 0 Å². The molecule has 1 aromatic rings. The smallest absolute Gasteiger partial charge is 0.347 e. The standard InChI is InChI=1S/C13H17N3O5/c1-20-12(18)7-10-8-15(5-6-21-10)11(17)9-16-4-2-3-14-13(16)19/h2-4,10H,5-9H2,1H3. The van der Waals surface area contributed by atoms with Crippen molar-refractivity contribution in [2.24, 2.45) is 0 Å². The zero-order chi connectivity index (χ0) is 15.2. The highest BCUT2D eigenvalue weighted by molar-refractivity contribution is 5.76. The van der Waals surface area contributed by atoms with E-state index in [1.165, 1.54) is 24.1 Å². The molecule has 8 nitrogen and oxygen atoms in total. The second-order valence-electron chi connectivity index (χ2n) is 4.64. The maximum Gasteiger partial charge on any atom is 0.347 e. The third kappa shape index (κ3) is 4.12. The fourth-order valence-electron chi connectivity index (χ4n) is 2.09. The molecule has 1 aromatic heterocycles. The van der Waals surface area contributed by atoms with E-state index in [0.29, 0.717) is 19.7 Å². The molecule has 2 heterocycles. The molecule has 1 saturated heterocycles. The Bertz CT molecular complexity index is 571. The lowest BCUT2D eigenvalue weighted by atomic mass is 10.2. The molecule has 1 aliphatic rings. The first kappa shape index (κ1) is 15.2. The first-order valence-electron chi connectivity index (χ1n) is 6.58. The summed E-state index contributed by atoms with van der Waals surface area (Å²) in [7, 11) is 1.31. The summed E-state index contributed by atoms with van der Waals surface area (Å²) in [6, 6.07) is 1.59. The Morgan fingerprint density at radius 1 is 1.52 bits per heavy atom. The minimum Gasteiger partial charge on any atom is -0.469 e. The zero-order valence-corrected chi connectivity index (χ0v) is 11.7. The summed E-state index contributed by atoms with van der Waals surface area (Å²) in [6.45, 7) is 1.03. The average molecular weight is 295 g/mol. The summed E-state index contributed by atoms with van der Waals surface area (Å²) >= 11 is 0. The molecular formula is C13H17N3O5. The molecule has 0 N–H and O–H groups in total. The van der Waals surface area contributed by atoms with Gasteiger partial charge in [0.1, 0.15) is 6.54 Å². The van der Waals surface area contributed by atoms with Gasteiger partial charge in [-0.3, -0.25) is 14.2 Å². The van der Waals surface area contributed by atoms with Crippen molar-refractivity contribution >= 4 is 11.9 Å². The number of nitrogens with zero attached hydrogens (tertiary/aromatic N) is 3. The van der Waals surface area contributed by atoms with Crippen LogP contribution >= 0.6 is 0 Å². The van der Waals surface area contributed by atoms with Crippen LogP contribution in [0.15, 0.2) is 23.3 Å². The molecule has 8 heteroatoms. The van der Waals surface area contributed by atoms with E-state index in [4.69, 9.17) is 4.74 Å². The minimum atomic E-state index is -0.467. The zero-order valence-electron chi connectivity index (χ0n) is 11.7. The Hall–Kier alpha value is -2.22. The number of carbonyl (C=O) groups is 2. The molecule has 1 fully saturated rings. The van der Waals surface area contributed by atoms with Gasteiger partial charge in [0.15, 0.2) is 0 Å². The maximum absolute atomic E-state index is 12.2. The van der Waals surface area contributed by atoms with E-state index in [2.05, 4.69) is 9.72 Å². The summed E-state index contributed by atoms with van der Waals surface area (Å²) in [6.07, 6.45) is 2.62. The van der Waals surface area contributed by atoms with Gasteiger partial charge in [-0.25, -0.2) is 9.78 Å². The average Bonchev–Trinajstić information content (AvgIpc) is 2.49. The maximum atomic E-state index is 12.2. The highest BCUT2D eigenvalue weighted by Crippen LogP contribution is 2.10. The van der Waals surface area contributed by atoms with Crippen molar-refractivity contribution in [3.05, 3.63) is 28.9 Å². The molecule has 0 radical (unpaired) electrons. The summed E-state index contributed by atoms with van der Waals surface area (Å²) in [4.78, 5) is 40.1. The SMILES string of the molecule is COC(=O)CC1CN(C(=O)Cn2cccnc2=O)CCO1. The molecule has 0 spiro atoms. The highest BCUT2D eigenvalue weighted by Gasteiger charge is 2.26. The number of ether oxygens (including phenoxy) is 2. The Kier molecular flexibility index (Phi) is 5.04. The lowest BCUT2D eigenvalue weighted by molar-refractivity contribution is -0.150. The molecule has 114 valence electrons. The lowest BCUT2D eigenvalue weighted by Gasteiger charge is -2.32. The molecule has 0 aliphatic carbocycles. The predicted molar refractivity (Wildman–Crippen MR) is 71.5 cm³/mol. The van der Waals surface area contributed by atoms with E-state index < -0.39 is 5.69 Å². The fourth-order valence-corrected chi connectivity index (χ4v) is 2.09. The molecule has 2 rings (SSSR count). The van der Waals surface area contributed by atoms with Crippen molar-refractivity contribution in [3.8, 4) is 0 Å². The number of hydrogen-bond acceptors (Lipinski definition) is 6. The Morgan fingerprint density at radius 3 is 3.05 bits per heavy atom. The van der Waals surface area contributed by atoms with Gasteiger partial charge in [-0.05, 0) is 6.07 Å². The number of methoxy groups -OCH3 is 1. The molecule has 0 aromatic carbocycles. The monoisotopic (exact) mass is 295 g/mol. The normalized spacial score (nSPS) is 18.3. The first-order valence-corrected chi connectivity index (χ1v) is 6.58. The van der Waals surface area contributed by atoms with Crippen LogP contribution in [0.5, 0.6) is 0 Å².